The number of benzene rings is 3. The van der Waals surface area contributed by atoms with Gasteiger partial charge in [0.05, 0.1) is 37.0 Å². The van der Waals surface area contributed by atoms with Gasteiger partial charge in [-0.2, -0.15) is 5.10 Å². The molecule has 0 atom stereocenters. The number of nitrogens with one attached hydrogen (secondary N) is 1. The van der Waals surface area contributed by atoms with E-state index in [1.165, 1.54) is 4.57 Å². The normalized spacial score (nSPS) is 11.0. The van der Waals surface area contributed by atoms with Gasteiger partial charge in [-0.3, -0.25) is 4.79 Å². The van der Waals surface area contributed by atoms with Crippen LogP contribution in [0.3, 0.4) is 0 Å². The van der Waals surface area contributed by atoms with Gasteiger partial charge in [-0.25, -0.2) is 15.0 Å². The van der Waals surface area contributed by atoms with Crippen LogP contribution in [0.5, 0.6) is 11.5 Å². The van der Waals surface area contributed by atoms with Crippen molar-refractivity contribution in [3.63, 3.8) is 0 Å². The lowest BCUT2D eigenvalue weighted by Crippen LogP contribution is -2.22. The van der Waals surface area contributed by atoms with Crippen molar-refractivity contribution < 1.29 is 9.47 Å². The fourth-order valence-corrected chi connectivity index (χ4v) is 3.11. The Bertz CT molecular complexity index is 1270. The summed E-state index contributed by atoms with van der Waals surface area (Å²) in [5.74, 6) is 1.62. The van der Waals surface area contributed by atoms with Crippen LogP contribution >= 0.6 is 0 Å². The first-order valence-electron chi connectivity index (χ1n) is 9.29. The molecule has 1 aromatic heterocycles. The number of rotatable bonds is 6. The Morgan fingerprint density at radius 2 is 1.73 bits per heavy atom. The molecular weight excluding hydrogens is 380 g/mol. The number of methoxy groups -OCH3 is 2. The third-order valence-electron chi connectivity index (χ3n) is 4.60. The maximum Gasteiger partial charge on any atom is 0.267 e. The fourth-order valence-electron chi connectivity index (χ4n) is 3.11. The molecule has 7 heteroatoms. The molecule has 0 saturated carbocycles. The van der Waals surface area contributed by atoms with Crippen LogP contribution in [0.15, 0.2) is 82.7 Å². The fraction of sp³-hybridized carbons (Fsp3) is 0.0870. The molecule has 3 aromatic carbocycles. The average molecular weight is 400 g/mol. The molecule has 0 aliphatic rings. The predicted octanol–water partition coefficient (Wildman–Crippen LogP) is 3.85. The molecule has 0 fully saturated rings. The number of hydrogen-bond acceptors (Lipinski definition) is 6. The Hall–Kier alpha value is -4.13. The van der Waals surface area contributed by atoms with Gasteiger partial charge in [-0.05, 0) is 36.4 Å². The van der Waals surface area contributed by atoms with Gasteiger partial charge in [-0.1, -0.05) is 30.3 Å². The molecule has 0 spiro atoms. The van der Waals surface area contributed by atoms with E-state index < -0.39 is 0 Å². The summed E-state index contributed by atoms with van der Waals surface area (Å²) in [4.78, 5) is 17.8. The quantitative estimate of drug-likeness (QED) is 0.393. The lowest BCUT2D eigenvalue weighted by Gasteiger charge is -2.13. The van der Waals surface area contributed by atoms with Crippen molar-refractivity contribution in [2.24, 2.45) is 5.10 Å². The summed E-state index contributed by atoms with van der Waals surface area (Å²) in [7, 11) is 3.18. The van der Waals surface area contributed by atoms with Crippen molar-refractivity contribution >= 4 is 23.1 Å². The van der Waals surface area contributed by atoms with E-state index in [0.29, 0.717) is 34.0 Å². The second-order valence-electron chi connectivity index (χ2n) is 6.41. The minimum atomic E-state index is -0.175. The molecule has 4 aromatic rings. The number of fused-ring (bicyclic) bond motifs is 1. The van der Waals surface area contributed by atoms with Crippen LogP contribution in [0, 0.1) is 0 Å². The molecule has 1 heterocycles. The standard InChI is InChI=1S/C23H20N4O3/c1-29-18-13-12-16(21(14-18)30-2)15-24-26-23-25-20-11-7-6-10-19(20)22(28)27(23)17-8-4-3-5-9-17/h3-15H,1-2H3,(H,25,26). The van der Waals surface area contributed by atoms with Crippen LogP contribution in [0.1, 0.15) is 5.56 Å². The Balaban J connectivity index is 1.76. The highest BCUT2D eigenvalue weighted by molar-refractivity contribution is 5.84. The van der Waals surface area contributed by atoms with Crippen LogP contribution < -0.4 is 20.5 Å². The number of aromatic nitrogens is 2. The summed E-state index contributed by atoms with van der Waals surface area (Å²) < 4.78 is 12.1. The second kappa shape index (κ2) is 8.48. The van der Waals surface area contributed by atoms with Crippen molar-refractivity contribution in [3.05, 3.63) is 88.7 Å². The summed E-state index contributed by atoms with van der Waals surface area (Å²) in [5, 5.41) is 4.83. The zero-order valence-corrected chi connectivity index (χ0v) is 16.6. The summed E-state index contributed by atoms with van der Waals surface area (Å²) >= 11 is 0. The van der Waals surface area contributed by atoms with Gasteiger partial charge in [0.1, 0.15) is 11.5 Å². The topological polar surface area (TPSA) is 77.7 Å². The summed E-state index contributed by atoms with van der Waals surface area (Å²) in [6.07, 6.45) is 1.61. The smallest absolute Gasteiger partial charge is 0.267 e. The zero-order chi connectivity index (χ0) is 20.9. The largest absolute Gasteiger partial charge is 0.497 e. The summed E-state index contributed by atoms with van der Waals surface area (Å²) in [6, 6.07) is 22.0. The first-order valence-corrected chi connectivity index (χ1v) is 9.29. The highest BCUT2D eigenvalue weighted by atomic mass is 16.5. The molecule has 150 valence electrons. The van der Waals surface area contributed by atoms with E-state index in [1.807, 2.05) is 54.6 Å². The number of nitrogens with zero attached hydrogens (tertiary/aromatic N) is 3. The number of ether oxygens (including phenoxy) is 2. The van der Waals surface area contributed by atoms with Gasteiger partial charge >= 0.3 is 0 Å². The maximum atomic E-state index is 13.2. The Labute approximate surface area is 173 Å². The molecule has 0 radical (unpaired) electrons. The number of anilines is 1. The van der Waals surface area contributed by atoms with Gasteiger partial charge in [0, 0.05) is 11.6 Å². The zero-order valence-electron chi connectivity index (χ0n) is 16.6. The first kappa shape index (κ1) is 19.2. The van der Waals surface area contributed by atoms with Crippen molar-refractivity contribution in [1.29, 1.82) is 0 Å². The van der Waals surface area contributed by atoms with E-state index >= 15 is 0 Å². The van der Waals surface area contributed by atoms with E-state index in [-0.39, 0.29) is 5.56 Å². The van der Waals surface area contributed by atoms with Gasteiger partial charge in [0.25, 0.3) is 5.56 Å². The van der Waals surface area contributed by atoms with E-state index in [0.717, 1.165) is 5.56 Å². The summed E-state index contributed by atoms with van der Waals surface area (Å²) in [5.41, 5.74) is 4.77. The van der Waals surface area contributed by atoms with E-state index in [1.54, 1.807) is 38.6 Å². The SMILES string of the molecule is COc1ccc(C=NNc2nc3ccccc3c(=O)n2-c2ccccc2)c(OC)c1. The van der Waals surface area contributed by atoms with Crippen LogP contribution in [-0.2, 0) is 0 Å². The molecular formula is C23H20N4O3. The Morgan fingerprint density at radius 1 is 0.967 bits per heavy atom. The van der Waals surface area contributed by atoms with E-state index in [9.17, 15) is 4.79 Å². The van der Waals surface area contributed by atoms with Crippen LogP contribution in [0.2, 0.25) is 0 Å². The van der Waals surface area contributed by atoms with Gasteiger partial charge in [-0.15, -0.1) is 0 Å². The second-order valence-corrected chi connectivity index (χ2v) is 6.41. The minimum Gasteiger partial charge on any atom is -0.497 e. The third-order valence-corrected chi connectivity index (χ3v) is 4.60. The molecule has 30 heavy (non-hydrogen) atoms. The number of hydrazone groups is 1. The van der Waals surface area contributed by atoms with Crippen molar-refractivity contribution in [3.8, 4) is 17.2 Å². The molecule has 0 saturated heterocycles. The third kappa shape index (κ3) is 3.73. The van der Waals surface area contributed by atoms with Crippen molar-refractivity contribution in [1.82, 2.24) is 9.55 Å². The molecule has 1 N–H and O–H groups in total. The van der Waals surface area contributed by atoms with Crippen molar-refractivity contribution in [2.75, 3.05) is 19.6 Å². The molecule has 0 bridgehead atoms. The Morgan fingerprint density at radius 3 is 2.50 bits per heavy atom. The average Bonchev–Trinajstić information content (AvgIpc) is 2.80. The predicted molar refractivity (Wildman–Crippen MR) is 118 cm³/mol. The molecule has 0 aliphatic carbocycles. The molecule has 0 amide bonds. The highest BCUT2D eigenvalue weighted by Crippen LogP contribution is 2.23. The highest BCUT2D eigenvalue weighted by Gasteiger charge is 2.12. The van der Waals surface area contributed by atoms with Gasteiger partial charge in [0.15, 0.2) is 0 Å². The monoisotopic (exact) mass is 400 g/mol. The van der Waals surface area contributed by atoms with Gasteiger partial charge < -0.3 is 9.47 Å². The van der Waals surface area contributed by atoms with Gasteiger partial charge in [0.2, 0.25) is 5.95 Å². The number of para-hydroxylation sites is 2. The lowest BCUT2D eigenvalue weighted by atomic mass is 10.2. The summed E-state index contributed by atoms with van der Waals surface area (Å²) in [6.45, 7) is 0. The van der Waals surface area contributed by atoms with Crippen LogP contribution in [0.4, 0.5) is 5.95 Å². The minimum absolute atomic E-state index is 0.175. The van der Waals surface area contributed by atoms with Crippen LogP contribution in [-0.4, -0.2) is 30.0 Å². The van der Waals surface area contributed by atoms with Crippen LogP contribution in [0.25, 0.3) is 16.6 Å². The molecule has 7 nitrogen and oxygen atoms in total. The maximum absolute atomic E-state index is 13.2. The Kier molecular flexibility index (Phi) is 5.43. The molecule has 0 aliphatic heterocycles. The molecule has 4 rings (SSSR count). The van der Waals surface area contributed by atoms with E-state index in [2.05, 4.69) is 15.5 Å². The molecule has 0 unspecified atom stereocenters. The lowest BCUT2D eigenvalue weighted by molar-refractivity contribution is 0.394. The van der Waals surface area contributed by atoms with E-state index in [4.69, 9.17) is 9.47 Å². The first-order chi connectivity index (χ1) is 14.7. The number of hydrogen-bond donors (Lipinski definition) is 1. The van der Waals surface area contributed by atoms with Crippen molar-refractivity contribution in [2.45, 2.75) is 0 Å².